The van der Waals surface area contributed by atoms with Crippen molar-refractivity contribution in [2.24, 2.45) is 7.05 Å². The molecule has 0 fully saturated rings. The number of aromatic amines is 1. The number of nitrogens with one attached hydrogen (secondary N) is 1. The molecule has 0 saturated carbocycles. The molecule has 0 saturated heterocycles. The van der Waals surface area contributed by atoms with Gasteiger partial charge in [-0.3, -0.25) is 4.57 Å². The molecule has 0 radical (unpaired) electrons. The number of aromatic nitrogens is 6. The average Bonchev–Trinajstić information content (AvgIpc) is 2.59. The first-order valence-electron chi connectivity index (χ1n) is 5.33. The summed E-state index contributed by atoms with van der Waals surface area (Å²) in [4.78, 5) is 23.1. The van der Waals surface area contributed by atoms with E-state index >= 15 is 0 Å². The standard InChI is InChI=1S/C9H11ClN6O2S/c1-4(2)18-6-11-5(10)12-7(13-6)19-9-15-14-8(17)16(9)3/h4H,1-3H3,(H,14,17). The van der Waals surface area contributed by atoms with Gasteiger partial charge in [-0.25, -0.2) is 9.89 Å². The van der Waals surface area contributed by atoms with E-state index in [-0.39, 0.29) is 23.1 Å². The SMILES string of the molecule is CC(C)Oc1nc(Cl)nc(Sc2n[nH]c(=O)n2C)n1. The van der Waals surface area contributed by atoms with Crippen LogP contribution in [0.4, 0.5) is 0 Å². The number of rotatable bonds is 4. The third-order valence-electron chi connectivity index (χ3n) is 1.93. The van der Waals surface area contributed by atoms with E-state index < -0.39 is 0 Å². The van der Waals surface area contributed by atoms with E-state index in [9.17, 15) is 4.79 Å². The van der Waals surface area contributed by atoms with Crippen LogP contribution in [-0.2, 0) is 7.05 Å². The Morgan fingerprint density at radius 2 is 2.11 bits per heavy atom. The molecule has 0 spiro atoms. The van der Waals surface area contributed by atoms with E-state index in [1.807, 2.05) is 13.8 Å². The van der Waals surface area contributed by atoms with Gasteiger partial charge >= 0.3 is 11.7 Å². The fourth-order valence-corrected chi connectivity index (χ4v) is 2.06. The third-order valence-corrected chi connectivity index (χ3v) is 3.01. The highest BCUT2D eigenvalue weighted by Gasteiger charge is 2.12. The van der Waals surface area contributed by atoms with Gasteiger partial charge in [-0.2, -0.15) is 15.0 Å². The number of hydrogen-bond acceptors (Lipinski definition) is 7. The summed E-state index contributed by atoms with van der Waals surface area (Å²) in [6.07, 6.45) is -0.0777. The molecule has 0 aliphatic carbocycles. The summed E-state index contributed by atoms with van der Waals surface area (Å²) in [5, 5.41) is 6.90. The molecule has 0 aliphatic heterocycles. The molecule has 0 unspecified atom stereocenters. The Morgan fingerprint density at radius 3 is 2.68 bits per heavy atom. The van der Waals surface area contributed by atoms with E-state index in [1.165, 1.54) is 4.57 Å². The van der Waals surface area contributed by atoms with Crippen LogP contribution in [0, 0.1) is 0 Å². The lowest BCUT2D eigenvalue weighted by Crippen LogP contribution is -2.13. The largest absolute Gasteiger partial charge is 0.461 e. The maximum absolute atomic E-state index is 11.2. The fraction of sp³-hybridized carbons (Fsp3) is 0.444. The maximum atomic E-state index is 11.2. The predicted molar refractivity (Wildman–Crippen MR) is 68.6 cm³/mol. The van der Waals surface area contributed by atoms with E-state index in [4.69, 9.17) is 16.3 Å². The zero-order valence-corrected chi connectivity index (χ0v) is 12.0. The van der Waals surface area contributed by atoms with E-state index in [0.717, 1.165) is 11.8 Å². The predicted octanol–water partition coefficient (Wildman–Crippen LogP) is 0.885. The first kappa shape index (κ1) is 13.8. The Labute approximate surface area is 117 Å². The molecule has 1 N–H and O–H groups in total. The van der Waals surface area contributed by atoms with Gasteiger partial charge in [-0.05, 0) is 37.2 Å². The second-order valence-electron chi connectivity index (χ2n) is 3.81. The van der Waals surface area contributed by atoms with Crippen molar-refractivity contribution in [1.29, 1.82) is 0 Å². The molecule has 2 aromatic rings. The Balaban J connectivity index is 2.27. The normalized spacial score (nSPS) is 11.0. The molecule has 102 valence electrons. The van der Waals surface area contributed by atoms with E-state index in [2.05, 4.69) is 25.1 Å². The topological polar surface area (TPSA) is 98.6 Å². The molecule has 8 nitrogen and oxygen atoms in total. The Morgan fingerprint density at radius 1 is 1.37 bits per heavy atom. The lowest BCUT2D eigenvalue weighted by molar-refractivity contribution is 0.219. The van der Waals surface area contributed by atoms with Gasteiger partial charge in [0.25, 0.3) is 0 Å². The maximum Gasteiger partial charge on any atom is 0.343 e. The Kier molecular flexibility index (Phi) is 4.05. The van der Waals surface area contributed by atoms with Crippen LogP contribution < -0.4 is 10.4 Å². The summed E-state index contributed by atoms with van der Waals surface area (Å²) in [6, 6.07) is 0.137. The molecule has 10 heteroatoms. The second-order valence-corrected chi connectivity index (χ2v) is 5.08. The first-order chi connectivity index (χ1) is 8.95. The molecule has 2 aromatic heterocycles. The van der Waals surface area contributed by atoms with Crippen molar-refractivity contribution in [3.63, 3.8) is 0 Å². The highest BCUT2D eigenvalue weighted by molar-refractivity contribution is 7.99. The summed E-state index contributed by atoms with van der Waals surface area (Å²) < 4.78 is 6.69. The van der Waals surface area contributed by atoms with Crippen LogP contribution in [0.1, 0.15) is 13.8 Å². The molecule has 0 aromatic carbocycles. The van der Waals surface area contributed by atoms with Crippen molar-refractivity contribution in [3.8, 4) is 6.01 Å². The van der Waals surface area contributed by atoms with Gasteiger partial charge in [0, 0.05) is 7.05 Å². The number of H-pyrrole nitrogens is 1. The molecular formula is C9H11ClN6O2S. The lowest BCUT2D eigenvalue weighted by Gasteiger charge is -2.08. The van der Waals surface area contributed by atoms with Gasteiger partial charge in [0.2, 0.25) is 10.4 Å². The van der Waals surface area contributed by atoms with Crippen molar-refractivity contribution in [2.75, 3.05) is 0 Å². The summed E-state index contributed by atoms with van der Waals surface area (Å²) >= 11 is 6.88. The van der Waals surface area contributed by atoms with Crippen molar-refractivity contribution < 1.29 is 4.74 Å². The molecule has 0 amide bonds. The smallest absolute Gasteiger partial charge is 0.343 e. The summed E-state index contributed by atoms with van der Waals surface area (Å²) in [7, 11) is 1.59. The molecule has 19 heavy (non-hydrogen) atoms. The van der Waals surface area contributed by atoms with Crippen LogP contribution in [0.2, 0.25) is 5.28 Å². The number of halogens is 1. The minimum Gasteiger partial charge on any atom is -0.461 e. The second kappa shape index (κ2) is 5.57. The Hall–Kier alpha value is -1.61. The summed E-state index contributed by atoms with van der Waals surface area (Å²) in [5.41, 5.74) is -0.318. The average molecular weight is 303 g/mol. The van der Waals surface area contributed by atoms with Gasteiger partial charge in [-0.1, -0.05) is 0 Å². The lowest BCUT2D eigenvalue weighted by atomic mass is 10.5. The minimum atomic E-state index is -0.318. The van der Waals surface area contributed by atoms with Crippen molar-refractivity contribution >= 4 is 23.4 Å². The highest BCUT2D eigenvalue weighted by Crippen LogP contribution is 2.23. The molecule has 0 aliphatic rings. The van der Waals surface area contributed by atoms with Crippen molar-refractivity contribution in [2.45, 2.75) is 30.3 Å². The van der Waals surface area contributed by atoms with Crippen LogP contribution in [0.25, 0.3) is 0 Å². The molecule has 2 rings (SSSR count). The van der Waals surface area contributed by atoms with Gasteiger partial charge in [-0.15, -0.1) is 5.10 Å². The highest BCUT2D eigenvalue weighted by atomic mass is 35.5. The van der Waals surface area contributed by atoms with E-state index in [1.54, 1.807) is 7.05 Å². The third kappa shape index (κ3) is 3.44. The Bertz CT molecular complexity index is 640. The van der Waals surface area contributed by atoms with Crippen LogP contribution >= 0.6 is 23.4 Å². The van der Waals surface area contributed by atoms with Gasteiger partial charge < -0.3 is 4.74 Å². The van der Waals surface area contributed by atoms with Gasteiger partial charge in [0.15, 0.2) is 5.16 Å². The van der Waals surface area contributed by atoms with E-state index in [0.29, 0.717) is 10.3 Å². The summed E-state index contributed by atoms with van der Waals surface area (Å²) in [6.45, 7) is 3.70. The summed E-state index contributed by atoms with van der Waals surface area (Å²) in [5.74, 6) is 0. The van der Waals surface area contributed by atoms with Gasteiger partial charge in [0.05, 0.1) is 6.10 Å². The zero-order chi connectivity index (χ0) is 14.0. The van der Waals surface area contributed by atoms with Crippen LogP contribution in [0.5, 0.6) is 6.01 Å². The fourth-order valence-electron chi connectivity index (χ4n) is 1.13. The molecule has 0 bridgehead atoms. The van der Waals surface area contributed by atoms with Crippen LogP contribution in [0.15, 0.2) is 15.1 Å². The monoisotopic (exact) mass is 302 g/mol. The van der Waals surface area contributed by atoms with Crippen molar-refractivity contribution in [3.05, 3.63) is 15.8 Å². The van der Waals surface area contributed by atoms with Gasteiger partial charge in [0.1, 0.15) is 0 Å². The minimum absolute atomic E-state index is 0.0219. The molecule has 2 heterocycles. The number of hydrogen-bond donors (Lipinski definition) is 1. The number of ether oxygens (including phenoxy) is 1. The van der Waals surface area contributed by atoms with Crippen LogP contribution in [0.3, 0.4) is 0 Å². The van der Waals surface area contributed by atoms with Crippen molar-refractivity contribution in [1.82, 2.24) is 29.7 Å². The zero-order valence-electron chi connectivity index (χ0n) is 10.4. The van der Waals surface area contributed by atoms with Crippen LogP contribution in [-0.4, -0.2) is 35.8 Å². The quantitative estimate of drug-likeness (QED) is 0.895. The first-order valence-corrected chi connectivity index (χ1v) is 6.52. The molecule has 0 atom stereocenters. The molecular weight excluding hydrogens is 292 g/mol. The number of nitrogens with zero attached hydrogens (tertiary/aromatic N) is 5.